The lowest BCUT2D eigenvalue weighted by Crippen LogP contribution is -2.21. The molecule has 6 nitrogen and oxygen atoms in total. The molecule has 1 aromatic carbocycles. The van der Waals surface area contributed by atoms with Crippen LogP contribution in [0.5, 0.6) is 0 Å². The van der Waals surface area contributed by atoms with E-state index in [2.05, 4.69) is 56.7 Å². The highest BCUT2D eigenvalue weighted by atomic mass is 15.3. The Bertz CT molecular complexity index is 579. The van der Waals surface area contributed by atoms with Crippen LogP contribution in [0.2, 0.25) is 0 Å². The van der Waals surface area contributed by atoms with Crippen molar-refractivity contribution < 1.29 is 0 Å². The van der Waals surface area contributed by atoms with Crippen molar-refractivity contribution in [2.75, 3.05) is 37.8 Å². The molecule has 0 saturated carbocycles. The zero-order valence-electron chi connectivity index (χ0n) is 13.7. The summed E-state index contributed by atoms with van der Waals surface area (Å²) in [5, 5.41) is 14.4. The van der Waals surface area contributed by atoms with Crippen molar-refractivity contribution >= 4 is 17.5 Å². The van der Waals surface area contributed by atoms with Gasteiger partial charge in [-0.15, -0.1) is 5.10 Å². The Kier molecular flexibility index (Phi) is 5.66. The number of anilines is 3. The summed E-state index contributed by atoms with van der Waals surface area (Å²) in [7, 11) is 4.07. The number of nitrogens with one attached hydrogen (secondary N) is 2. The summed E-state index contributed by atoms with van der Waals surface area (Å²) in [6.07, 6.45) is 1.63. The Morgan fingerprint density at radius 1 is 1.14 bits per heavy atom. The summed E-state index contributed by atoms with van der Waals surface area (Å²) >= 11 is 0. The fraction of sp³-hybridized carbons (Fsp3) is 0.438. The first-order valence-corrected chi connectivity index (χ1v) is 7.50. The van der Waals surface area contributed by atoms with Crippen LogP contribution in [-0.2, 0) is 0 Å². The molecule has 0 unspecified atom stereocenters. The second-order valence-corrected chi connectivity index (χ2v) is 5.80. The third-order valence-electron chi connectivity index (χ3n) is 3.26. The molecule has 2 N–H and O–H groups in total. The van der Waals surface area contributed by atoms with Gasteiger partial charge in [0.15, 0.2) is 5.82 Å². The van der Waals surface area contributed by atoms with E-state index in [0.717, 1.165) is 24.6 Å². The van der Waals surface area contributed by atoms with Gasteiger partial charge in [-0.05, 0) is 37.7 Å². The minimum atomic E-state index is 0.493. The number of hydrogen-bond acceptors (Lipinski definition) is 6. The normalized spacial score (nSPS) is 11.0. The van der Waals surface area contributed by atoms with E-state index in [1.54, 1.807) is 6.20 Å². The van der Waals surface area contributed by atoms with Crippen LogP contribution in [0.4, 0.5) is 17.5 Å². The first kappa shape index (κ1) is 16.2. The number of likely N-dealkylation sites (N-methyl/N-ethyl adjacent to an activating group) is 1. The van der Waals surface area contributed by atoms with Gasteiger partial charge in [0, 0.05) is 18.8 Å². The average Bonchev–Trinajstić information content (AvgIpc) is 2.48. The van der Waals surface area contributed by atoms with Gasteiger partial charge in [0.1, 0.15) is 0 Å². The van der Waals surface area contributed by atoms with Crippen LogP contribution in [-0.4, -0.2) is 47.3 Å². The number of rotatable bonds is 7. The molecule has 2 aromatic rings. The van der Waals surface area contributed by atoms with Crippen molar-refractivity contribution in [3.63, 3.8) is 0 Å². The summed E-state index contributed by atoms with van der Waals surface area (Å²) in [5.74, 6) is 1.74. The Balaban J connectivity index is 1.97. The number of nitrogens with zero attached hydrogens (tertiary/aromatic N) is 4. The zero-order chi connectivity index (χ0) is 15.9. The maximum absolute atomic E-state index is 4.41. The van der Waals surface area contributed by atoms with Crippen LogP contribution in [0.25, 0.3) is 0 Å². The van der Waals surface area contributed by atoms with Crippen molar-refractivity contribution in [1.82, 2.24) is 20.1 Å². The van der Waals surface area contributed by atoms with E-state index in [0.29, 0.717) is 11.9 Å². The highest BCUT2D eigenvalue weighted by molar-refractivity contribution is 5.54. The first-order valence-electron chi connectivity index (χ1n) is 7.50. The number of aromatic nitrogens is 3. The standard InChI is InChI=1S/C16H24N6/c1-12(2)13-5-7-14(8-6-13)19-16-20-15(11-18-21-16)17-9-10-22(3)4/h5-8,11-12H,9-10H2,1-4H3,(H2,17,19,20,21). The predicted octanol–water partition coefficient (Wildman–Crippen LogP) is 2.71. The fourth-order valence-electron chi connectivity index (χ4n) is 1.93. The van der Waals surface area contributed by atoms with E-state index in [1.165, 1.54) is 5.56 Å². The number of benzene rings is 1. The molecule has 0 radical (unpaired) electrons. The third kappa shape index (κ3) is 4.96. The minimum Gasteiger partial charge on any atom is -0.367 e. The lowest BCUT2D eigenvalue weighted by atomic mass is 10.0. The molecule has 0 fully saturated rings. The quantitative estimate of drug-likeness (QED) is 0.819. The van der Waals surface area contributed by atoms with Gasteiger partial charge in [0.05, 0.1) is 6.20 Å². The molecule has 0 aliphatic rings. The molecule has 2 rings (SSSR count). The van der Waals surface area contributed by atoms with Crippen LogP contribution >= 0.6 is 0 Å². The van der Waals surface area contributed by atoms with Gasteiger partial charge in [0.2, 0.25) is 5.95 Å². The van der Waals surface area contributed by atoms with E-state index in [-0.39, 0.29) is 0 Å². The van der Waals surface area contributed by atoms with Crippen LogP contribution in [0.15, 0.2) is 30.5 Å². The first-order chi connectivity index (χ1) is 10.5. The van der Waals surface area contributed by atoms with Crippen LogP contribution in [0.1, 0.15) is 25.3 Å². The van der Waals surface area contributed by atoms with Gasteiger partial charge < -0.3 is 15.5 Å². The summed E-state index contributed by atoms with van der Waals surface area (Å²) in [5.41, 5.74) is 2.26. The van der Waals surface area contributed by atoms with Crippen LogP contribution in [0.3, 0.4) is 0 Å². The van der Waals surface area contributed by atoms with Gasteiger partial charge in [-0.25, -0.2) is 0 Å². The Labute approximate surface area is 132 Å². The fourth-order valence-corrected chi connectivity index (χ4v) is 1.93. The van der Waals surface area contributed by atoms with Crippen molar-refractivity contribution in [2.24, 2.45) is 0 Å². The van der Waals surface area contributed by atoms with E-state index >= 15 is 0 Å². The monoisotopic (exact) mass is 300 g/mol. The second kappa shape index (κ2) is 7.70. The maximum Gasteiger partial charge on any atom is 0.249 e. The van der Waals surface area contributed by atoms with Gasteiger partial charge >= 0.3 is 0 Å². The summed E-state index contributed by atoms with van der Waals surface area (Å²) in [6.45, 7) is 6.11. The molecule has 0 atom stereocenters. The van der Waals surface area contributed by atoms with E-state index in [9.17, 15) is 0 Å². The van der Waals surface area contributed by atoms with E-state index in [4.69, 9.17) is 0 Å². The maximum atomic E-state index is 4.41. The lowest BCUT2D eigenvalue weighted by molar-refractivity contribution is 0.425. The Hall–Kier alpha value is -2.21. The van der Waals surface area contributed by atoms with Crippen molar-refractivity contribution in [3.05, 3.63) is 36.0 Å². The van der Waals surface area contributed by atoms with Crippen molar-refractivity contribution in [1.29, 1.82) is 0 Å². The molecule has 1 aromatic heterocycles. The molecule has 0 aliphatic heterocycles. The van der Waals surface area contributed by atoms with E-state index in [1.807, 2.05) is 26.2 Å². The smallest absolute Gasteiger partial charge is 0.249 e. The molecule has 118 valence electrons. The van der Waals surface area contributed by atoms with Crippen molar-refractivity contribution in [3.8, 4) is 0 Å². The van der Waals surface area contributed by atoms with Crippen LogP contribution < -0.4 is 10.6 Å². The molecular weight excluding hydrogens is 276 g/mol. The van der Waals surface area contributed by atoms with Gasteiger partial charge in [-0.1, -0.05) is 26.0 Å². The third-order valence-corrected chi connectivity index (χ3v) is 3.26. The zero-order valence-corrected chi connectivity index (χ0v) is 13.7. The van der Waals surface area contributed by atoms with Gasteiger partial charge in [-0.3, -0.25) is 0 Å². The molecule has 22 heavy (non-hydrogen) atoms. The molecule has 0 bridgehead atoms. The van der Waals surface area contributed by atoms with E-state index < -0.39 is 0 Å². The molecular formula is C16H24N6. The Morgan fingerprint density at radius 2 is 1.86 bits per heavy atom. The van der Waals surface area contributed by atoms with Gasteiger partial charge in [-0.2, -0.15) is 10.1 Å². The largest absolute Gasteiger partial charge is 0.367 e. The highest BCUT2D eigenvalue weighted by Gasteiger charge is 2.03. The average molecular weight is 300 g/mol. The van der Waals surface area contributed by atoms with Crippen LogP contribution in [0, 0.1) is 0 Å². The molecule has 0 spiro atoms. The predicted molar refractivity (Wildman–Crippen MR) is 90.7 cm³/mol. The molecule has 0 saturated heterocycles. The van der Waals surface area contributed by atoms with Gasteiger partial charge in [0.25, 0.3) is 0 Å². The highest BCUT2D eigenvalue weighted by Crippen LogP contribution is 2.19. The minimum absolute atomic E-state index is 0.493. The SMILES string of the molecule is CC(C)c1ccc(Nc2nncc(NCCN(C)C)n2)cc1. The Morgan fingerprint density at radius 3 is 2.50 bits per heavy atom. The summed E-state index contributed by atoms with van der Waals surface area (Å²) in [4.78, 5) is 6.52. The summed E-state index contributed by atoms with van der Waals surface area (Å²) in [6, 6.07) is 8.29. The molecule has 6 heteroatoms. The number of hydrogen-bond donors (Lipinski definition) is 2. The molecule has 0 aliphatic carbocycles. The summed E-state index contributed by atoms with van der Waals surface area (Å²) < 4.78 is 0. The lowest BCUT2D eigenvalue weighted by Gasteiger charge is -2.11. The second-order valence-electron chi connectivity index (χ2n) is 5.80. The molecule has 1 heterocycles. The van der Waals surface area contributed by atoms with Crippen molar-refractivity contribution in [2.45, 2.75) is 19.8 Å². The molecule has 0 amide bonds. The topological polar surface area (TPSA) is 66.0 Å².